The van der Waals surface area contributed by atoms with Crippen molar-refractivity contribution in [3.63, 3.8) is 0 Å². The molecule has 0 aromatic heterocycles. The first-order valence-corrected chi connectivity index (χ1v) is 14.4. The fraction of sp³-hybridized carbons (Fsp3) is 0.632. The van der Waals surface area contributed by atoms with E-state index in [4.69, 9.17) is 8.85 Å². The van der Waals surface area contributed by atoms with Gasteiger partial charge >= 0.3 is 0 Å². The normalized spacial score (nSPS) is 13.6. The quantitative estimate of drug-likeness (QED) is 0.455. The second-order valence-electron chi connectivity index (χ2n) is 9.52. The predicted octanol–water partition coefficient (Wildman–Crippen LogP) is 6.27. The van der Waals surface area contributed by atoms with Crippen molar-refractivity contribution in [2.75, 3.05) is 0 Å². The van der Waals surface area contributed by atoms with Gasteiger partial charge in [0, 0.05) is 0 Å². The number of carbonyl (C=O) groups excluding carboxylic acids is 1. The average Bonchev–Trinajstić information content (AvgIpc) is 2.37. The molecule has 0 unspecified atom stereocenters. The van der Waals surface area contributed by atoms with Gasteiger partial charge in [-0.15, -0.1) is 0 Å². The molecule has 0 fully saturated rings. The molecule has 0 aliphatic carbocycles. The molecule has 0 saturated carbocycles. The van der Waals surface area contributed by atoms with E-state index in [1.54, 1.807) is 6.07 Å². The minimum Gasteiger partial charge on any atom is -0.541 e. The van der Waals surface area contributed by atoms with Crippen LogP contribution in [-0.2, 0) is 0 Å². The SMILES string of the molecule is CC(C)(C)[Si](C)(C)Oc1cccc(C=O)c1O[Si](C)(C)C(C)(C)C. The molecular formula is C19H34O3Si2. The van der Waals surface area contributed by atoms with Crippen molar-refractivity contribution in [1.29, 1.82) is 0 Å². The Labute approximate surface area is 150 Å². The molecule has 0 saturated heterocycles. The number of hydrogen-bond acceptors (Lipinski definition) is 3. The zero-order chi connectivity index (χ0) is 19.0. The summed E-state index contributed by atoms with van der Waals surface area (Å²) in [4.78, 5) is 11.6. The second kappa shape index (κ2) is 6.67. The van der Waals surface area contributed by atoms with Crippen LogP contribution in [0.5, 0.6) is 11.5 Å². The van der Waals surface area contributed by atoms with E-state index >= 15 is 0 Å². The van der Waals surface area contributed by atoms with Gasteiger partial charge < -0.3 is 8.85 Å². The van der Waals surface area contributed by atoms with E-state index < -0.39 is 16.6 Å². The van der Waals surface area contributed by atoms with Crippen molar-refractivity contribution in [3.8, 4) is 11.5 Å². The maximum Gasteiger partial charge on any atom is 0.250 e. The van der Waals surface area contributed by atoms with E-state index in [0.29, 0.717) is 17.1 Å². The van der Waals surface area contributed by atoms with Crippen molar-refractivity contribution in [2.24, 2.45) is 0 Å². The molecule has 0 radical (unpaired) electrons. The van der Waals surface area contributed by atoms with Gasteiger partial charge in [-0.1, -0.05) is 47.6 Å². The molecule has 1 rings (SSSR count). The van der Waals surface area contributed by atoms with Crippen LogP contribution in [0.3, 0.4) is 0 Å². The number of para-hydroxylation sites is 1. The van der Waals surface area contributed by atoms with Gasteiger partial charge in [-0.3, -0.25) is 4.79 Å². The molecule has 0 aliphatic heterocycles. The topological polar surface area (TPSA) is 35.5 Å². The highest BCUT2D eigenvalue weighted by Crippen LogP contribution is 2.44. The number of hydrogen-bond donors (Lipinski definition) is 0. The number of aldehydes is 1. The zero-order valence-corrected chi connectivity index (χ0v) is 19.0. The van der Waals surface area contributed by atoms with Crippen LogP contribution in [0.1, 0.15) is 51.9 Å². The molecule has 0 bridgehead atoms. The average molecular weight is 367 g/mol. The van der Waals surface area contributed by atoms with Crippen LogP contribution in [0.4, 0.5) is 0 Å². The largest absolute Gasteiger partial charge is 0.541 e. The lowest BCUT2D eigenvalue weighted by atomic mass is 10.2. The monoisotopic (exact) mass is 366 g/mol. The van der Waals surface area contributed by atoms with Gasteiger partial charge in [0.25, 0.3) is 16.6 Å². The van der Waals surface area contributed by atoms with Gasteiger partial charge in [-0.05, 0) is 48.4 Å². The molecule has 0 amide bonds. The lowest BCUT2D eigenvalue weighted by Gasteiger charge is -2.40. The van der Waals surface area contributed by atoms with E-state index in [9.17, 15) is 4.79 Å². The van der Waals surface area contributed by atoms with E-state index in [0.717, 1.165) is 6.29 Å². The van der Waals surface area contributed by atoms with Gasteiger partial charge in [-0.25, -0.2) is 0 Å². The van der Waals surface area contributed by atoms with Gasteiger partial charge in [0.1, 0.15) is 5.75 Å². The van der Waals surface area contributed by atoms with E-state index in [1.807, 2.05) is 12.1 Å². The lowest BCUT2D eigenvalue weighted by Crippen LogP contribution is -2.46. The molecule has 136 valence electrons. The molecule has 1 aromatic rings. The van der Waals surface area contributed by atoms with Crippen molar-refractivity contribution in [1.82, 2.24) is 0 Å². The minimum absolute atomic E-state index is 0.0528. The molecule has 0 N–H and O–H groups in total. The Bertz CT molecular complexity index is 594. The maximum absolute atomic E-state index is 11.6. The number of benzene rings is 1. The first-order valence-electron chi connectivity index (χ1n) is 8.58. The Hall–Kier alpha value is -1.08. The van der Waals surface area contributed by atoms with Crippen molar-refractivity contribution < 1.29 is 13.6 Å². The van der Waals surface area contributed by atoms with Crippen molar-refractivity contribution >= 4 is 22.9 Å². The third-order valence-electron chi connectivity index (χ3n) is 5.47. The molecule has 3 nitrogen and oxygen atoms in total. The van der Waals surface area contributed by atoms with Gasteiger partial charge in [0.15, 0.2) is 12.0 Å². The Morgan fingerprint density at radius 1 is 0.833 bits per heavy atom. The summed E-state index contributed by atoms with van der Waals surface area (Å²) in [6, 6.07) is 5.59. The van der Waals surface area contributed by atoms with Crippen molar-refractivity contribution in [3.05, 3.63) is 23.8 Å². The highest BCUT2D eigenvalue weighted by Gasteiger charge is 2.42. The Morgan fingerprint density at radius 2 is 1.29 bits per heavy atom. The Kier molecular flexibility index (Phi) is 5.83. The summed E-state index contributed by atoms with van der Waals surface area (Å²) in [7, 11) is -4.08. The van der Waals surface area contributed by atoms with Crippen molar-refractivity contribution in [2.45, 2.75) is 77.8 Å². The highest BCUT2D eigenvalue weighted by molar-refractivity contribution is 6.75. The maximum atomic E-state index is 11.6. The summed E-state index contributed by atoms with van der Waals surface area (Å²) in [6.07, 6.45) is 0.862. The standard InChI is InChI=1S/C19H34O3Si2/c1-18(2,3)23(7,8)21-16-13-11-12-15(14-20)17(16)22-24(9,10)19(4,5)6/h11-14H,1-10H3. The molecule has 0 aliphatic rings. The third kappa shape index (κ3) is 4.51. The first-order chi connectivity index (χ1) is 10.6. The number of carbonyl (C=O) groups is 1. The minimum atomic E-state index is -2.07. The zero-order valence-electron chi connectivity index (χ0n) is 17.0. The summed E-state index contributed by atoms with van der Waals surface area (Å²) in [5.41, 5.74) is 0.566. The molecular weight excluding hydrogens is 332 g/mol. The van der Waals surface area contributed by atoms with Crippen LogP contribution in [0.25, 0.3) is 0 Å². The highest BCUT2D eigenvalue weighted by atomic mass is 28.4. The van der Waals surface area contributed by atoms with Crippen LogP contribution in [0.15, 0.2) is 18.2 Å². The third-order valence-corrected chi connectivity index (χ3v) is 14.1. The smallest absolute Gasteiger partial charge is 0.250 e. The van der Waals surface area contributed by atoms with Crippen LogP contribution in [-0.4, -0.2) is 22.9 Å². The molecule has 0 spiro atoms. The molecule has 0 atom stereocenters. The van der Waals surface area contributed by atoms with Gasteiger partial charge in [-0.2, -0.15) is 0 Å². The number of rotatable bonds is 5. The second-order valence-corrected chi connectivity index (χ2v) is 19.0. The summed E-state index contributed by atoms with van der Waals surface area (Å²) >= 11 is 0. The summed E-state index contributed by atoms with van der Waals surface area (Å²) < 4.78 is 13.0. The van der Waals surface area contributed by atoms with E-state index in [-0.39, 0.29) is 10.1 Å². The summed E-state index contributed by atoms with van der Waals surface area (Å²) in [5.74, 6) is 1.32. The molecule has 5 heteroatoms. The molecule has 0 heterocycles. The molecule has 1 aromatic carbocycles. The van der Waals surface area contributed by atoms with Crippen LogP contribution >= 0.6 is 0 Å². The first kappa shape index (κ1) is 21.0. The van der Waals surface area contributed by atoms with Crippen LogP contribution < -0.4 is 8.85 Å². The fourth-order valence-corrected chi connectivity index (χ4v) is 3.70. The van der Waals surface area contributed by atoms with Crippen LogP contribution in [0.2, 0.25) is 36.3 Å². The van der Waals surface area contributed by atoms with Gasteiger partial charge in [0.05, 0.1) is 5.56 Å². The molecule has 24 heavy (non-hydrogen) atoms. The fourth-order valence-electron chi connectivity index (χ4n) is 1.65. The summed E-state index contributed by atoms with van der Waals surface area (Å²) in [5, 5.41) is 0.135. The lowest BCUT2D eigenvalue weighted by molar-refractivity contribution is 0.112. The predicted molar refractivity (Wildman–Crippen MR) is 107 cm³/mol. The Balaban J connectivity index is 3.37. The Morgan fingerprint density at radius 3 is 1.71 bits per heavy atom. The van der Waals surface area contributed by atoms with E-state index in [2.05, 4.69) is 67.7 Å². The van der Waals surface area contributed by atoms with Crippen LogP contribution in [0, 0.1) is 0 Å². The van der Waals surface area contributed by atoms with Gasteiger partial charge in [0.2, 0.25) is 0 Å². The summed E-state index contributed by atoms with van der Waals surface area (Å²) in [6.45, 7) is 22.0. The van der Waals surface area contributed by atoms with E-state index in [1.165, 1.54) is 0 Å².